The van der Waals surface area contributed by atoms with Gasteiger partial charge in [-0.3, -0.25) is 0 Å². The Hall–Kier alpha value is -1.36. The lowest BCUT2D eigenvalue weighted by atomic mass is 10.5. The largest absolute Gasteiger partial charge is 0.396 e. The average Bonchev–Trinajstić information content (AvgIpc) is 2.19. The molecule has 0 atom stereocenters. The summed E-state index contributed by atoms with van der Waals surface area (Å²) in [4.78, 5) is 10.1. The van der Waals surface area contributed by atoms with Crippen molar-refractivity contribution in [3.63, 3.8) is 0 Å². The van der Waals surface area contributed by atoms with E-state index in [1.165, 1.54) is 0 Å². The van der Waals surface area contributed by atoms with Crippen LogP contribution in [0.3, 0.4) is 0 Å². The molecule has 5 nitrogen and oxygen atoms in total. The van der Waals surface area contributed by atoms with Gasteiger partial charge in [0.1, 0.15) is 0 Å². The molecule has 14 heavy (non-hydrogen) atoms. The fourth-order valence-electron chi connectivity index (χ4n) is 0.974. The molecule has 0 aliphatic heterocycles. The van der Waals surface area contributed by atoms with Crippen molar-refractivity contribution < 1.29 is 4.74 Å². The van der Waals surface area contributed by atoms with E-state index in [0.717, 1.165) is 13.2 Å². The summed E-state index contributed by atoms with van der Waals surface area (Å²) in [6, 6.07) is 0. The van der Waals surface area contributed by atoms with Gasteiger partial charge in [0.05, 0.1) is 24.7 Å². The standard InChI is InChI=1S/C9H16N4O/c1-3-14-5-4-13(2)9-11-6-8(10)7-12-9/h6-7H,3-5,10H2,1-2H3. The smallest absolute Gasteiger partial charge is 0.225 e. The second-order valence-corrected chi connectivity index (χ2v) is 2.93. The van der Waals surface area contributed by atoms with Gasteiger partial charge in [-0.2, -0.15) is 0 Å². The van der Waals surface area contributed by atoms with E-state index in [-0.39, 0.29) is 0 Å². The molecule has 1 heterocycles. The second-order valence-electron chi connectivity index (χ2n) is 2.93. The third kappa shape index (κ3) is 3.18. The highest BCUT2D eigenvalue weighted by Crippen LogP contribution is 2.04. The molecule has 0 amide bonds. The maximum absolute atomic E-state index is 5.48. The Morgan fingerprint density at radius 2 is 2.07 bits per heavy atom. The van der Waals surface area contributed by atoms with Crippen molar-refractivity contribution in [3.8, 4) is 0 Å². The molecule has 1 rings (SSSR count). The SMILES string of the molecule is CCOCCN(C)c1ncc(N)cn1. The minimum atomic E-state index is 0.576. The Kier molecular flexibility index (Phi) is 4.12. The van der Waals surface area contributed by atoms with E-state index in [0.29, 0.717) is 18.2 Å². The first-order valence-corrected chi connectivity index (χ1v) is 4.60. The van der Waals surface area contributed by atoms with Crippen LogP contribution in [0.2, 0.25) is 0 Å². The fourth-order valence-corrected chi connectivity index (χ4v) is 0.974. The van der Waals surface area contributed by atoms with Crippen molar-refractivity contribution in [2.24, 2.45) is 0 Å². The van der Waals surface area contributed by atoms with Crippen molar-refractivity contribution in [3.05, 3.63) is 12.4 Å². The van der Waals surface area contributed by atoms with E-state index in [1.54, 1.807) is 12.4 Å². The van der Waals surface area contributed by atoms with Crippen LogP contribution >= 0.6 is 0 Å². The lowest BCUT2D eigenvalue weighted by Gasteiger charge is -2.16. The van der Waals surface area contributed by atoms with Crippen molar-refractivity contribution in [2.75, 3.05) is 37.4 Å². The molecule has 0 unspecified atom stereocenters. The van der Waals surface area contributed by atoms with Crippen LogP contribution in [-0.4, -0.2) is 36.8 Å². The Morgan fingerprint density at radius 3 is 2.64 bits per heavy atom. The first kappa shape index (κ1) is 10.7. The first-order chi connectivity index (χ1) is 6.74. The van der Waals surface area contributed by atoms with Crippen LogP contribution in [0.1, 0.15) is 6.92 Å². The van der Waals surface area contributed by atoms with Gasteiger partial charge in [0, 0.05) is 20.2 Å². The third-order valence-corrected chi connectivity index (χ3v) is 1.77. The Balaban J connectivity index is 2.43. The normalized spacial score (nSPS) is 10.1. The molecule has 0 fully saturated rings. The zero-order valence-corrected chi connectivity index (χ0v) is 8.60. The highest BCUT2D eigenvalue weighted by atomic mass is 16.5. The van der Waals surface area contributed by atoms with Gasteiger partial charge in [-0.25, -0.2) is 9.97 Å². The number of hydrogen-bond donors (Lipinski definition) is 1. The summed E-state index contributed by atoms with van der Waals surface area (Å²) >= 11 is 0. The highest BCUT2D eigenvalue weighted by Gasteiger charge is 2.02. The number of nitrogens with two attached hydrogens (primary N) is 1. The quantitative estimate of drug-likeness (QED) is 0.696. The van der Waals surface area contributed by atoms with Crippen LogP contribution in [0.4, 0.5) is 11.6 Å². The molecule has 0 aromatic carbocycles. The summed E-state index contributed by atoms with van der Waals surface area (Å²) in [7, 11) is 1.92. The van der Waals surface area contributed by atoms with Gasteiger partial charge in [0.2, 0.25) is 5.95 Å². The minimum absolute atomic E-state index is 0.576. The number of anilines is 2. The zero-order valence-electron chi connectivity index (χ0n) is 8.60. The van der Waals surface area contributed by atoms with Crippen LogP contribution in [0, 0.1) is 0 Å². The van der Waals surface area contributed by atoms with Crippen molar-refractivity contribution >= 4 is 11.6 Å². The van der Waals surface area contributed by atoms with Crippen LogP contribution in [0.15, 0.2) is 12.4 Å². The maximum Gasteiger partial charge on any atom is 0.225 e. The zero-order chi connectivity index (χ0) is 10.4. The fraction of sp³-hybridized carbons (Fsp3) is 0.556. The molecular formula is C9H16N4O. The van der Waals surface area contributed by atoms with Crippen LogP contribution < -0.4 is 10.6 Å². The lowest BCUT2D eigenvalue weighted by Crippen LogP contribution is -2.24. The molecule has 0 saturated heterocycles. The van der Waals surface area contributed by atoms with Crippen molar-refractivity contribution in [2.45, 2.75) is 6.92 Å². The Morgan fingerprint density at radius 1 is 1.43 bits per heavy atom. The highest BCUT2D eigenvalue weighted by molar-refractivity contribution is 5.37. The minimum Gasteiger partial charge on any atom is -0.396 e. The molecule has 1 aromatic rings. The predicted molar refractivity (Wildman–Crippen MR) is 56.2 cm³/mol. The van der Waals surface area contributed by atoms with Crippen LogP contribution in [-0.2, 0) is 4.74 Å². The summed E-state index contributed by atoms with van der Waals surface area (Å²) in [5, 5.41) is 0. The lowest BCUT2D eigenvalue weighted by molar-refractivity contribution is 0.154. The van der Waals surface area contributed by atoms with Gasteiger partial charge in [-0.15, -0.1) is 0 Å². The van der Waals surface area contributed by atoms with E-state index >= 15 is 0 Å². The van der Waals surface area contributed by atoms with E-state index in [2.05, 4.69) is 9.97 Å². The van der Waals surface area contributed by atoms with Crippen LogP contribution in [0.25, 0.3) is 0 Å². The average molecular weight is 196 g/mol. The number of nitrogens with zero attached hydrogens (tertiary/aromatic N) is 3. The predicted octanol–water partition coefficient (Wildman–Crippen LogP) is 0.531. The number of ether oxygens (including phenoxy) is 1. The van der Waals surface area contributed by atoms with E-state index in [9.17, 15) is 0 Å². The monoisotopic (exact) mass is 196 g/mol. The molecule has 0 bridgehead atoms. The van der Waals surface area contributed by atoms with Crippen molar-refractivity contribution in [1.29, 1.82) is 0 Å². The number of aromatic nitrogens is 2. The summed E-state index contributed by atoms with van der Waals surface area (Å²) in [5.41, 5.74) is 6.06. The van der Waals surface area contributed by atoms with Gasteiger partial charge in [0.25, 0.3) is 0 Å². The van der Waals surface area contributed by atoms with Gasteiger partial charge in [-0.1, -0.05) is 0 Å². The molecule has 78 valence electrons. The van der Waals surface area contributed by atoms with E-state index in [4.69, 9.17) is 10.5 Å². The number of rotatable bonds is 5. The summed E-state index contributed by atoms with van der Waals surface area (Å²) in [6.45, 7) is 4.16. The van der Waals surface area contributed by atoms with Crippen LogP contribution in [0.5, 0.6) is 0 Å². The number of nitrogen functional groups attached to an aromatic ring is 1. The molecule has 0 radical (unpaired) electrons. The second kappa shape index (κ2) is 5.39. The van der Waals surface area contributed by atoms with Crippen molar-refractivity contribution in [1.82, 2.24) is 9.97 Å². The molecule has 0 aliphatic carbocycles. The molecule has 0 aliphatic rings. The first-order valence-electron chi connectivity index (χ1n) is 4.60. The molecule has 1 aromatic heterocycles. The number of likely N-dealkylation sites (N-methyl/N-ethyl adjacent to an activating group) is 1. The number of hydrogen-bond acceptors (Lipinski definition) is 5. The Bertz CT molecular complexity index is 262. The summed E-state index contributed by atoms with van der Waals surface area (Å²) < 4.78 is 5.23. The van der Waals surface area contributed by atoms with Gasteiger partial charge < -0.3 is 15.4 Å². The molecular weight excluding hydrogens is 180 g/mol. The summed E-state index contributed by atoms with van der Waals surface area (Å²) in [5.74, 6) is 0.666. The van der Waals surface area contributed by atoms with E-state index in [1.807, 2.05) is 18.9 Å². The molecule has 5 heteroatoms. The topological polar surface area (TPSA) is 64.3 Å². The third-order valence-electron chi connectivity index (χ3n) is 1.77. The van der Waals surface area contributed by atoms with E-state index < -0.39 is 0 Å². The summed E-state index contributed by atoms with van der Waals surface area (Å²) in [6.07, 6.45) is 3.19. The van der Waals surface area contributed by atoms with Gasteiger partial charge in [-0.05, 0) is 6.92 Å². The molecule has 0 spiro atoms. The Labute approximate surface area is 83.9 Å². The van der Waals surface area contributed by atoms with Gasteiger partial charge in [0.15, 0.2) is 0 Å². The molecule has 2 N–H and O–H groups in total. The maximum atomic E-state index is 5.48. The van der Waals surface area contributed by atoms with Gasteiger partial charge >= 0.3 is 0 Å². The molecule has 0 saturated carbocycles.